The lowest BCUT2D eigenvalue weighted by molar-refractivity contribution is 0.0994. The molecule has 0 saturated heterocycles. The number of rotatable bonds is 2. The summed E-state index contributed by atoms with van der Waals surface area (Å²) in [7, 11) is 0. The minimum absolute atomic E-state index is 0.0397. The number of nitrogens with zero attached hydrogens (tertiary/aromatic N) is 1. The van der Waals surface area contributed by atoms with Crippen LogP contribution >= 0.6 is 0 Å². The van der Waals surface area contributed by atoms with Crippen LogP contribution in [0, 0.1) is 0 Å². The van der Waals surface area contributed by atoms with Gasteiger partial charge in [-0.2, -0.15) is 0 Å². The summed E-state index contributed by atoms with van der Waals surface area (Å²) in [5, 5.41) is 1.79. The summed E-state index contributed by atoms with van der Waals surface area (Å²) >= 11 is 0. The fourth-order valence-corrected chi connectivity index (χ4v) is 2.68. The number of carbonyl (C=O) groups is 2. The van der Waals surface area contributed by atoms with Crippen molar-refractivity contribution in [3.63, 3.8) is 0 Å². The second kappa shape index (κ2) is 4.43. The zero-order valence-electron chi connectivity index (χ0n) is 11.6. The molecule has 106 valence electrons. The van der Waals surface area contributed by atoms with Crippen LogP contribution in [0.1, 0.15) is 20.7 Å². The number of benzene rings is 3. The highest BCUT2D eigenvalue weighted by molar-refractivity contribution is 6.22. The van der Waals surface area contributed by atoms with Crippen molar-refractivity contribution in [2.45, 2.75) is 0 Å². The highest BCUT2D eigenvalue weighted by Gasteiger charge is 2.34. The first kappa shape index (κ1) is 12.6. The van der Waals surface area contributed by atoms with Crippen LogP contribution in [-0.4, -0.2) is 11.8 Å². The first-order chi connectivity index (χ1) is 10.6. The number of carbonyl (C=O) groups excluding carboxylic acids is 2. The normalized spacial score (nSPS) is 12.1. The Bertz CT molecular complexity index is 924. The maximum Gasteiger partial charge on any atom is 0.262 e. The smallest absolute Gasteiger partial charge is 0.262 e. The average Bonchev–Trinajstić information content (AvgIpc) is 3.27. The Hall–Kier alpha value is -3.14. The van der Waals surface area contributed by atoms with E-state index in [0.29, 0.717) is 11.1 Å². The van der Waals surface area contributed by atoms with E-state index >= 15 is 0 Å². The monoisotopic (exact) mass is 288 g/mol. The van der Waals surface area contributed by atoms with Crippen molar-refractivity contribution in [3.8, 4) is 0 Å². The molecule has 1 aliphatic heterocycles. The lowest BCUT2D eigenvalue weighted by Gasteiger charge is -2.05. The zero-order chi connectivity index (χ0) is 15.3. The molecule has 0 spiro atoms. The van der Waals surface area contributed by atoms with Gasteiger partial charge in [-0.1, -0.05) is 24.3 Å². The Morgan fingerprint density at radius 3 is 1.91 bits per heavy atom. The number of hydrogen-bond donors (Lipinski definition) is 1. The molecule has 1 aliphatic rings. The first-order valence-corrected chi connectivity index (χ1v) is 6.92. The summed E-state index contributed by atoms with van der Waals surface area (Å²) < 4.78 is 0. The van der Waals surface area contributed by atoms with E-state index in [4.69, 9.17) is 5.73 Å². The molecule has 3 aromatic rings. The van der Waals surface area contributed by atoms with Gasteiger partial charge in [0, 0.05) is 11.1 Å². The Balaban J connectivity index is 1.70. The first-order valence-electron chi connectivity index (χ1n) is 6.92. The molecule has 0 unspecified atom stereocenters. The lowest BCUT2D eigenvalue weighted by atomic mass is 10.0. The van der Waals surface area contributed by atoms with Gasteiger partial charge >= 0.3 is 0 Å². The molecule has 0 saturated carbocycles. The third kappa shape index (κ3) is 1.85. The Labute approximate surface area is 126 Å². The molecule has 0 fully saturated rings. The predicted molar refractivity (Wildman–Crippen MR) is 85.4 cm³/mol. The quantitative estimate of drug-likeness (QED) is 0.736. The Morgan fingerprint density at radius 2 is 1.32 bits per heavy atom. The van der Waals surface area contributed by atoms with Crippen molar-refractivity contribution in [2.24, 2.45) is 5.73 Å². The largest absolute Gasteiger partial charge is 0.366 e. The second-order valence-electron chi connectivity index (χ2n) is 5.27. The van der Waals surface area contributed by atoms with Crippen LogP contribution in [0.15, 0.2) is 60.7 Å². The second-order valence-corrected chi connectivity index (χ2v) is 5.27. The van der Waals surface area contributed by atoms with Crippen LogP contribution in [0.5, 0.6) is 0 Å². The van der Waals surface area contributed by atoms with Crippen LogP contribution in [0.3, 0.4) is 0 Å². The van der Waals surface area contributed by atoms with Crippen LogP contribution < -0.4 is 10.6 Å². The van der Waals surface area contributed by atoms with E-state index in [1.165, 1.54) is 0 Å². The maximum atomic E-state index is 12.5. The molecule has 0 atom stereocenters. The van der Waals surface area contributed by atoms with E-state index in [2.05, 4.69) is 0 Å². The zero-order valence-corrected chi connectivity index (χ0v) is 11.6. The fourth-order valence-electron chi connectivity index (χ4n) is 2.68. The van der Waals surface area contributed by atoms with Gasteiger partial charge in [-0.25, -0.2) is 0 Å². The molecular formula is C18H12N2O2. The molecule has 4 nitrogen and oxygen atoms in total. The summed E-state index contributed by atoms with van der Waals surface area (Å²) in [6, 6.07) is 18.3. The van der Waals surface area contributed by atoms with Gasteiger partial charge in [0.2, 0.25) is 5.91 Å². The predicted octanol–water partition coefficient (Wildman–Crippen LogP) is 3.23. The van der Waals surface area contributed by atoms with E-state index in [-0.39, 0.29) is 5.91 Å². The highest BCUT2D eigenvalue weighted by Crippen LogP contribution is 2.48. The average molecular weight is 288 g/mol. The van der Waals surface area contributed by atoms with Gasteiger partial charge in [0.1, 0.15) is 0 Å². The van der Waals surface area contributed by atoms with Gasteiger partial charge in [0.05, 0.1) is 11.4 Å². The summed E-state index contributed by atoms with van der Waals surface area (Å²) in [4.78, 5) is 25.4. The van der Waals surface area contributed by atoms with Crippen LogP contribution in [0.2, 0.25) is 0 Å². The lowest BCUT2D eigenvalue weighted by Crippen LogP contribution is -2.13. The maximum absolute atomic E-state index is 12.5. The molecule has 4 rings (SSSR count). The van der Waals surface area contributed by atoms with Gasteiger partial charge < -0.3 is 5.73 Å². The molecule has 0 radical (unpaired) electrons. The van der Waals surface area contributed by atoms with Gasteiger partial charge in [-0.3, -0.25) is 14.5 Å². The molecular weight excluding hydrogens is 276 g/mol. The third-order valence-corrected chi connectivity index (χ3v) is 3.89. The minimum atomic E-state index is -0.457. The Kier molecular flexibility index (Phi) is 2.53. The summed E-state index contributed by atoms with van der Waals surface area (Å²) in [5.41, 5.74) is 8.27. The number of amides is 2. The Morgan fingerprint density at radius 1 is 0.773 bits per heavy atom. The van der Waals surface area contributed by atoms with Gasteiger partial charge in [0.25, 0.3) is 5.91 Å². The molecule has 0 bridgehead atoms. The third-order valence-electron chi connectivity index (χ3n) is 3.89. The fraction of sp³-hybridized carbons (Fsp3) is 0. The van der Waals surface area contributed by atoms with Crippen molar-refractivity contribution in [1.82, 2.24) is 0 Å². The number of anilines is 2. The van der Waals surface area contributed by atoms with Crippen molar-refractivity contribution in [1.29, 1.82) is 0 Å². The van der Waals surface area contributed by atoms with Gasteiger partial charge in [-0.05, 0) is 47.2 Å². The van der Waals surface area contributed by atoms with Crippen molar-refractivity contribution < 1.29 is 9.59 Å². The number of para-hydroxylation sites is 2. The number of fused-ring (bicyclic) bond motifs is 2. The number of nitrogens with two attached hydrogens (primary N) is 1. The minimum Gasteiger partial charge on any atom is -0.366 e. The van der Waals surface area contributed by atoms with E-state index in [0.717, 1.165) is 22.1 Å². The van der Waals surface area contributed by atoms with E-state index < -0.39 is 5.91 Å². The number of hydrogen-bond acceptors (Lipinski definition) is 2. The summed E-state index contributed by atoms with van der Waals surface area (Å²) in [6.07, 6.45) is 0. The summed E-state index contributed by atoms with van der Waals surface area (Å²) in [6.45, 7) is 0. The van der Waals surface area contributed by atoms with Crippen molar-refractivity contribution in [2.75, 3.05) is 4.90 Å². The van der Waals surface area contributed by atoms with E-state index in [1.54, 1.807) is 23.1 Å². The van der Waals surface area contributed by atoms with Crippen LogP contribution in [-0.2, 0) is 0 Å². The molecule has 3 aromatic carbocycles. The number of primary amides is 1. The molecule has 22 heavy (non-hydrogen) atoms. The highest BCUT2D eigenvalue weighted by atomic mass is 16.2. The molecule has 2 amide bonds. The molecule has 4 heteroatoms. The van der Waals surface area contributed by atoms with Crippen molar-refractivity contribution in [3.05, 3.63) is 71.8 Å². The van der Waals surface area contributed by atoms with Gasteiger partial charge in [-0.15, -0.1) is 0 Å². The van der Waals surface area contributed by atoms with Crippen LogP contribution in [0.4, 0.5) is 11.4 Å². The molecule has 0 aromatic heterocycles. The standard InChI is InChI=1S/C18H12N2O2/c19-17(21)13-7-5-12-10-14(8-6-11(12)9-13)18(22)20-15-3-1-2-4-16(15)20/h1-10H,(H2,19,21). The topological polar surface area (TPSA) is 63.2 Å². The SMILES string of the molecule is NC(=O)c1ccc2cc(C(=O)N3c4ccccc43)ccc2c1. The molecule has 1 heterocycles. The summed E-state index contributed by atoms with van der Waals surface area (Å²) in [5.74, 6) is -0.497. The van der Waals surface area contributed by atoms with Crippen LogP contribution in [0.25, 0.3) is 10.8 Å². The van der Waals surface area contributed by atoms with Gasteiger partial charge in [0.15, 0.2) is 0 Å². The van der Waals surface area contributed by atoms with E-state index in [9.17, 15) is 9.59 Å². The van der Waals surface area contributed by atoms with E-state index in [1.807, 2.05) is 42.5 Å². The molecule has 2 N–H and O–H groups in total. The van der Waals surface area contributed by atoms with Crippen molar-refractivity contribution >= 4 is 34.0 Å². The molecule has 0 aliphatic carbocycles.